The lowest BCUT2D eigenvalue weighted by molar-refractivity contribution is 0.0697. The average molecular weight is 230 g/mol. The molecule has 0 bridgehead atoms. The Balaban J connectivity index is 0.00000162. The molecule has 2 aromatic carbocycles. The molecule has 2 rings (SSSR count). The topological polar surface area (TPSA) is 46.5 Å². The first-order chi connectivity index (χ1) is 8.25. The van der Waals surface area contributed by atoms with Gasteiger partial charge in [0, 0.05) is 1.43 Å². The molecule has 17 heavy (non-hydrogen) atoms. The van der Waals surface area contributed by atoms with Gasteiger partial charge in [-0.1, -0.05) is 30.3 Å². The van der Waals surface area contributed by atoms with Crippen LogP contribution in [0.15, 0.2) is 54.6 Å². The van der Waals surface area contributed by atoms with Crippen molar-refractivity contribution < 1.29 is 16.1 Å². The molecule has 0 aromatic heterocycles. The van der Waals surface area contributed by atoms with Gasteiger partial charge in [0.2, 0.25) is 0 Å². The Morgan fingerprint density at radius 1 is 1.06 bits per heavy atom. The van der Waals surface area contributed by atoms with E-state index in [-0.39, 0.29) is 6.99 Å². The van der Waals surface area contributed by atoms with Crippen LogP contribution in [0.25, 0.3) is 0 Å². The first kappa shape index (κ1) is 11.2. The summed E-state index contributed by atoms with van der Waals surface area (Å²) in [5.74, 6) is -0.265. The molecule has 0 amide bonds. The molecule has 1 N–H and O–H groups in total. The summed E-state index contributed by atoms with van der Waals surface area (Å²) >= 11 is 0. The van der Waals surface area contributed by atoms with Crippen molar-refractivity contribution in [1.82, 2.24) is 0 Å². The summed E-state index contributed by atoms with van der Waals surface area (Å²) in [4.78, 5) is 10.7. The number of aromatic carboxylic acids is 1. The third-order valence-corrected chi connectivity index (χ3v) is 2.35. The van der Waals surface area contributed by atoms with Gasteiger partial charge in [0.15, 0.2) is 0 Å². The lowest BCUT2D eigenvalue weighted by atomic mass is 10.2. The first-order valence-electron chi connectivity index (χ1n) is 5.26. The zero-order chi connectivity index (χ0) is 12.1. The number of benzene rings is 2. The molecule has 0 atom stereocenters. The van der Waals surface area contributed by atoms with E-state index in [0.29, 0.717) is 12.4 Å². The van der Waals surface area contributed by atoms with Gasteiger partial charge < -0.3 is 9.84 Å². The summed E-state index contributed by atoms with van der Waals surface area (Å²) in [5.41, 5.74) is 1.34. The first-order valence-corrected chi connectivity index (χ1v) is 5.26. The molecule has 3 nitrogen and oxygen atoms in total. The number of hydrogen-bond acceptors (Lipinski definition) is 2. The fourth-order valence-corrected chi connectivity index (χ4v) is 1.43. The van der Waals surface area contributed by atoms with Crippen LogP contribution in [0.5, 0.6) is 5.75 Å². The molecule has 0 saturated heterocycles. The molecule has 0 heterocycles. The Hall–Kier alpha value is -2.29. The van der Waals surface area contributed by atoms with Crippen molar-refractivity contribution in [2.75, 3.05) is 0 Å². The van der Waals surface area contributed by atoms with Crippen LogP contribution in [-0.4, -0.2) is 11.1 Å². The van der Waals surface area contributed by atoms with E-state index in [1.54, 1.807) is 12.1 Å². The fourth-order valence-electron chi connectivity index (χ4n) is 1.43. The maximum atomic E-state index is 10.7. The van der Waals surface area contributed by atoms with Crippen LogP contribution in [0.4, 0.5) is 0 Å². The van der Waals surface area contributed by atoms with Crippen molar-refractivity contribution >= 4 is 5.97 Å². The highest BCUT2D eigenvalue weighted by atomic mass is 16.5. The lowest BCUT2D eigenvalue weighted by Crippen LogP contribution is -1.97. The molecule has 0 aliphatic rings. The van der Waals surface area contributed by atoms with Crippen molar-refractivity contribution in [1.29, 1.82) is 0 Å². The number of carboxylic acid groups (broad SMARTS) is 1. The summed E-state index contributed by atoms with van der Waals surface area (Å²) in [7, 11) is 0. The van der Waals surface area contributed by atoms with Gasteiger partial charge in [-0.3, -0.25) is 0 Å². The largest absolute Gasteiger partial charge is 0.489 e. The Morgan fingerprint density at radius 3 is 2.29 bits per heavy atom. The standard InChI is InChI=1S/C14H12O3.H2/c15-14(16)12-6-8-13(9-7-12)17-10-11-4-2-1-3-5-11;/h1-9H,10H2,(H,15,16);1H. The smallest absolute Gasteiger partial charge is 0.335 e. The van der Waals surface area contributed by atoms with E-state index in [4.69, 9.17) is 9.84 Å². The Bertz CT molecular complexity index is 494. The van der Waals surface area contributed by atoms with Crippen molar-refractivity contribution in [3.8, 4) is 5.75 Å². The molecule has 0 unspecified atom stereocenters. The molecule has 2 aromatic rings. The number of rotatable bonds is 4. The summed E-state index contributed by atoms with van der Waals surface area (Å²) in [6.07, 6.45) is 0. The SMILES string of the molecule is O=C(O)c1ccc(OCc2ccccc2)cc1.[HH]. The highest BCUT2D eigenvalue weighted by Gasteiger charge is 2.02. The van der Waals surface area contributed by atoms with Crippen LogP contribution >= 0.6 is 0 Å². The maximum Gasteiger partial charge on any atom is 0.335 e. The van der Waals surface area contributed by atoms with E-state index < -0.39 is 5.97 Å². The molecular weight excluding hydrogens is 216 g/mol. The van der Waals surface area contributed by atoms with Crippen LogP contribution in [0.1, 0.15) is 17.3 Å². The molecule has 0 aliphatic heterocycles. The van der Waals surface area contributed by atoms with Gasteiger partial charge in [0.05, 0.1) is 5.56 Å². The second-order valence-corrected chi connectivity index (χ2v) is 3.60. The normalized spacial score (nSPS) is 9.88. The number of carboxylic acids is 1. The number of hydrogen-bond donors (Lipinski definition) is 1. The summed E-state index contributed by atoms with van der Waals surface area (Å²) < 4.78 is 5.53. The van der Waals surface area contributed by atoms with Crippen molar-refractivity contribution in [2.24, 2.45) is 0 Å². The Labute approximate surface area is 101 Å². The fraction of sp³-hybridized carbons (Fsp3) is 0.0714. The second-order valence-electron chi connectivity index (χ2n) is 3.60. The summed E-state index contributed by atoms with van der Waals surface area (Å²) in [5, 5.41) is 8.74. The van der Waals surface area contributed by atoms with Gasteiger partial charge in [0.1, 0.15) is 12.4 Å². The van der Waals surface area contributed by atoms with Crippen molar-refractivity contribution in [3.63, 3.8) is 0 Å². The number of carbonyl (C=O) groups is 1. The highest BCUT2D eigenvalue weighted by Crippen LogP contribution is 2.14. The van der Waals surface area contributed by atoms with Gasteiger partial charge in [-0.2, -0.15) is 0 Å². The van der Waals surface area contributed by atoms with Gasteiger partial charge >= 0.3 is 5.97 Å². The molecular formula is C14H14O3. The predicted molar refractivity (Wildman–Crippen MR) is 66.3 cm³/mol. The average Bonchev–Trinajstić information content (AvgIpc) is 2.38. The van der Waals surface area contributed by atoms with Crippen LogP contribution in [-0.2, 0) is 6.61 Å². The van der Waals surface area contributed by atoms with E-state index in [2.05, 4.69) is 0 Å². The highest BCUT2D eigenvalue weighted by molar-refractivity contribution is 5.87. The van der Waals surface area contributed by atoms with E-state index in [1.807, 2.05) is 30.3 Å². The summed E-state index contributed by atoms with van der Waals surface area (Å²) in [6, 6.07) is 16.2. The molecule has 0 fully saturated rings. The van der Waals surface area contributed by atoms with Gasteiger partial charge in [-0.05, 0) is 29.8 Å². The monoisotopic (exact) mass is 230 g/mol. The third kappa shape index (κ3) is 3.08. The Morgan fingerprint density at radius 2 is 1.71 bits per heavy atom. The quantitative estimate of drug-likeness (QED) is 0.877. The molecule has 0 aliphatic carbocycles. The maximum absolute atomic E-state index is 10.7. The van der Waals surface area contributed by atoms with Gasteiger partial charge in [0.25, 0.3) is 0 Å². The molecule has 88 valence electrons. The van der Waals surface area contributed by atoms with Crippen molar-refractivity contribution in [3.05, 3.63) is 65.7 Å². The summed E-state index contributed by atoms with van der Waals surface area (Å²) in [6.45, 7) is 0.479. The molecule has 3 heteroatoms. The minimum absolute atomic E-state index is 0. The molecule has 0 radical (unpaired) electrons. The lowest BCUT2D eigenvalue weighted by Gasteiger charge is -2.06. The third-order valence-electron chi connectivity index (χ3n) is 2.35. The van der Waals surface area contributed by atoms with Crippen LogP contribution in [0, 0.1) is 0 Å². The minimum Gasteiger partial charge on any atom is -0.489 e. The Kier molecular flexibility index (Phi) is 3.40. The van der Waals surface area contributed by atoms with Crippen LogP contribution in [0.2, 0.25) is 0 Å². The molecule has 0 saturated carbocycles. The van der Waals surface area contributed by atoms with Gasteiger partial charge in [-0.15, -0.1) is 0 Å². The zero-order valence-electron chi connectivity index (χ0n) is 9.17. The van der Waals surface area contributed by atoms with Crippen molar-refractivity contribution in [2.45, 2.75) is 6.61 Å². The van der Waals surface area contributed by atoms with Gasteiger partial charge in [-0.25, -0.2) is 4.79 Å². The van der Waals surface area contributed by atoms with E-state index >= 15 is 0 Å². The molecule has 0 spiro atoms. The number of ether oxygens (including phenoxy) is 1. The van der Waals surface area contributed by atoms with E-state index in [0.717, 1.165) is 5.56 Å². The zero-order valence-corrected chi connectivity index (χ0v) is 9.17. The van der Waals surface area contributed by atoms with E-state index in [1.165, 1.54) is 12.1 Å². The second kappa shape index (κ2) is 5.16. The van der Waals surface area contributed by atoms with Crippen LogP contribution in [0.3, 0.4) is 0 Å². The van der Waals surface area contributed by atoms with E-state index in [9.17, 15) is 4.79 Å². The van der Waals surface area contributed by atoms with Crippen LogP contribution < -0.4 is 4.74 Å². The predicted octanol–water partition coefficient (Wildman–Crippen LogP) is 3.21. The minimum atomic E-state index is -0.931.